The fraction of sp³-hybridized carbons (Fsp3) is 0.682. The number of benzene rings is 1. The molecule has 156 valence electrons. The van der Waals surface area contributed by atoms with Crippen LogP contribution in [0.25, 0.3) is 0 Å². The summed E-state index contributed by atoms with van der Waals surface area (Å²) < 4.78 is 17.6. The van der Waals surface area contributed by atoms with Gasteiger partial charge in [0.1, 0.15) is 0 Å². The summed E-state index contributed by atoms with van der Waals surface area (Å²) in [7, 11) is 5.55. The van der Waals surface area contributed by atoms with Gasteiger partial charge in [-0.2, -0.15) is 0 Å². The van der Waals surface area contributed by atoms with Gasteiger partial charge >= 0.3 is 0 Å². The molecule has 1 aromatic rings. The number of methoxy groups -OCH3 is 1. The number of hydrogen-bond donors (Lipinski definition) is 1. The molecule has 1 aromatic carbocycles. The van der Waals surface area contributed by atoms with Crippen LogP contribution in [-0.2, 0) is 11.3 Å². The molecule has 2 aliphatic rings. The maximum absolute atomic E-state index is 6.32. The average Bonchev–Trinajstić information content (AvgIpc) is 3.40. The average molecular weight is 390 g/mol. The fourth-order valence-corrected chi connectivity index (χ4v) is 3.57. The van der Waals surface area contributed by atoms with Crippen molar-refractivity contribution in [2.45, 2.75) is 51.2 Å². The van der Waals surface area contributed by atoms with Gasteiger partial charge in [0.15, 0.2) is 17.5 Å². The van der Waals surface area contributed by atoms with Gasteiger partial charge in [-0.05, 0) is 50.5 Å². The van der Waals surface area contributed by atoms with Crippen LogP contribution in [0, 0.1) is 5.92 Å². The monoisotopic (exact) mass is 389 g/mol. The number of aliphatic imine (C=N–C) groups is 1. The van der Waals surface area contributed by atoms with E-state index in [0.717, 1.165) is 61.5 Å². The standard InChI is InChI=1S/C22H35N3O3/c1-23-22(25(2)13-14-27-16-17-11-12-17)24-15-18-7-6-10-20(26-3)21(18)28-19-8-4-5-9-19/h6-7,10,17,19H,4-5,8-9,11-16H2,1-3H3,(H,23,24). The molecule has 6 nitrogen and oxygen atoms in total. The van der Waals surface area contributed by atoms with E-state index in [4.69, 9.17) is 14.2 Å². The topological polar surface area (TPSA) is 55.3 Å². The van der Waals surface area contributed by atoms with Crippen LogP contribution < -0.4 is 14.8 Å². The summed E-state index contributed by atoms with van der Waals surface area (Å²) in [4.78, 5) is 6.51. The molecule has 0 saturated heterocycles. The molecule has 2 fully saturated rings. The summed E-state index contributed by atoms with van der Waals surface area (Å²) in [5, 5.41) is 3.45. The first-order valence-corrected chi connectivity index (χ1v) is 10.5. The zero-order valence-corrected chi connectivity index (χ0v) is 17.6. The van der Waals surface area contributed by atoms with E-state index in [1.54, 1.807) is 7.11 Å². The quantitative estimate of drug-likeness (QED) is 0.377. The lowest BCUT2D eigenvalue weighted by Gasteiger charge is -2.23. The van der Waals surface area contributed by atoms with Gasteiger partial charge in [0.25, 0.3) is 0 Å². The molecule has 6 heteroatoms. The van der Waals surface area contributed by atoms with Crippen LogP contribution >= 0.6 is 0 Å². The minimum Gasteiger partial charge on any atom is -0.493 e. The van der Waals surface area contributed by atoms with Gasteiger partial charge in [0.2, 0.25) is 0 Å². The summed E-state index contributed by atoms with van der Waals surface area (Å²) >= 11 is 0. The van der Waals surface area contributed by atoms with Crippen molar-refractivity contribution in [3.8, 4) is 11.5 Å². The molecule has 0 spiro atoms. The number of likely N-dealkylation sites (N-methyl/N-ethyl adjacent to an activating group) is 1. The van der Waals surface area contributed by atoms with Crippen LogP contribution in [-0.4, -0.2) is 57.9 Å². The Morgan fingerprint density at radius 1 is 1.21 bits per heavy atom. The van der Waals surface area contributed by atoms with Gasteiger partial charge in [-0.25, -0.2) is 0 Å². The smallest absolute Gasteiger partial charge is 0.193 e. The highest BCUT2D eigenvalue weighted by Crippen LogP contribution is 2.34. The first-order chi connectivity index (χ1) is 13.7. The van der Waals surface area contributed by atoms with Gasteiger partial charge in [-0.1, -0.05) is 12.1 Å². The third-order valence-corrected chi connectivity index (χ3v) is 5.50. The first-order valence-electron chi connectivity index (χ1n) is 10.5. The first kappa shape index (κ1) is 20.8. The van der Waals surface area contributed by atoms with E-state index in [9.17, 15) is 0 Å². The molecule has 2 aliphatic carbocycles. The summed E-state index contributed by atoms with van der Waals surface area (Å²) in [5.41, 5.74) is 1.09. The number of hydrogen-bond acceptors (Lipinski definition) is 4. The largest absolute Gasteiger partial charge is 0.493 e. The van der Waals surface area contributed by atoms with Crippen molar-refractivity contribution in [1.29, 1.82) is 0 Å². The molecule has 0 amide bonds. The lowest BCUT2D eigenvalue weighted by molar-refractivity contribution is 0.115. The highest BCUT2D eigenvalue weighted by molar-refractivity contribution is 5.79. The lowest BCUT2D eigenvalue weighted by Crippen LogP contribution is -2.40. The Kier molecular flexibility index (Phi) is 7.83. The maximum Gasteiger partial charge on any atom is 0.193 e. The van der Waals surface area contributed by atoms with E-state index in [2.05, 4.69) is 21.3 Å². The molecule has 2 saturated carbocycles. The summed E-state index contributed by atoms with van der Waals surface area (Å²) in [6.07, 6.45) is 7.67. The molecule has 0 bridgehead atoms. The van der Waals surface area contributed by atoms with Crippen LogP contribution in [0.15, 0.2) is 23.2 Å². The number of para-hydroxylation sites is 1. The Morgan fingerprint density at radius 2 is 2.00 bits per heavy atom. The molecular formula is C22H35N3O3. The third-order valence-electron chi connectivity index (χ3n) is 5.50. The van der Waals surface area contributed by atoms with Crippen molar-refractivity contribution >= 4 is 5.96 Å². The van der Waals surface area contributed by atoms with Gasteiger partial charge < -0.3 is 24.4 Å². The van der Waals surface area contributed by atoms with Crippen molar-refractivity contribution < 1.29 is 14.2 Å². The molecule has 0 atom stereocenters. The Bertz CT molecular complexity index is 640. The summed E-state index contributed by atoms with van der Waals surface area (Å²) in [5.74, 6) is 3.30. The number of ether oxygens (including phenoxy) is 3. The van der Waals surface area contributed by atoms with E-state index in [0.29, 0.717) is 12.6 Å². The molecule has 28 heavy (non-hydrogen) atoms. The second-order valence-electron chi connectivity index (χ2n) is 7.81. The second kappa shape index (κ2) is 10.6. The highest BCUT2D eigenvalue weighted by Gasteiger charge is 2.22. The maximum atomic E-state index is 6.32. The van der Waals surface area contributed by atoms with Crippen LogP contribution in [0.1, 0.15) is 44.1 Å². The van der Waals surface area contributed by atoms with E-state index >= 15 is 0 Å². The Morgan fingerprint density at radius 3 is 2.68 bits per heavy atom. The second-order valence-corrected chi connectivity index (χ2v) is 7.81. The van der Waals surface area contributed by atoms with Crippen LogP contribution in [0.5, 0.6) is 11.5 Å². The minimum atomic E-state index is 0.292. The van der Waals surface area contributed by atoms with Crippen molar-refractivity contribution in [1.82, 2.24) is 10.2 Å². The highest BCUT2D eigenvalue weighted by atomic mass is 16.5. The SMILES string of the molecule is CN=C(NCc1cccc(OC)c1OC1CCCC1)N(C)CCOCC1CC1. The Labute approximate surface area is 169 Å². The molecule has 0 unspecified atom stereocenters. The summed E-state index contributed by atoms with van der Waals surface area (Å²) in [6.45, 7) is 3.07. The third kappa shape index (κ3) is 6.03. The van der Waals surface area contributed by atoms with Gasteiger partial charge in [-0.3, -0.25) is 4.99 Å². The van der Waals surface area contributed by atoms with Gasteiger partial charge in [0.05, 0.1) is 19.8 Å². The zero-order valence-electron chi connectivity index (χ0n) is 17.6. The molecule has 0 aliphatic heterocycles. The minimum absolute atomic E-state index is 0.292. The van der Waals surface area contributed by atoms with E-state index in [1.165, 1.54) is 25.7 Å². The molecule has 0 radical (unpaired) electrons. The van der Waals surface area contributed by atoms with E-state index in [1.807, 2.05) is 26.2 Å². The number of guanidine groups is 1. The van der Waals surface area contributed by atoms with E-state index in [-0.39, 0.29) is 0 Å². The van der Waals surface area contributed by atoms with Crippen molar-refractivity contribution in [2.24, 2.45) is 10.9 Å². The lowest BCUT2D eigenvalue weighted by atomic mass is 10.1. The van der Waals surface area contributed by atoms with Crippen LogP contribution in [0.4, 0.5) is 0 Å². The van der Waals surface area contributed by atoms with Gasteiger partial charge in [-0.15, -0.1) is 0 Å². The molecular weight excluding hydrogens is 354 g/mol. The Hall–Kier alpha value is -1.95. The number of nitrogens with one attached hydrogen (secondary N) is 1. The van der Waals surface area contributed by atoms with Crippen LogP contribution in [0.3, 0.4) is 0 Å². The molecule has 1 N–H and O–H groups in total. The van der Waals surface area contributed by atoms with Crippen molar-refractivity contribution in [2.75, 3.05) is 41.0 Å². The van der Waals surface area contributed by atoms with Gasteiger partial charge in [0, 0.05) is 39.4 Å². The predicted molar refractivity (Wildman–Crippen MR) is 112 cm³/mol. The van der Waals surface area contributed by atoms with Crippen LogP contribution in [0.2, 0.25) is 0 Å². The fourth-order valence-electron chi connectivity index (χ4n) is 3.57. The normalized spacial score (nSPS) is 17.6. The molecule has 3 rings (SSSR count). The number of nitrogens with zero attached hydrogens (tertiary/aromatic N) is 2. The summed E-state index contributed by atoms with van der Waals surface area (Å²) in [6, 6.07) is 6.06. The van der Waals surface area contributed by atoms with Crippen molar-refractivity contribution in [3.05, 3.63) is 23.8 Å². The molecule has 0 heterocycles. The van der Waals surface area contributed by atoms with Crippen molar-refractivity contribution in [3.63, 3.8) is 0 Å². The zero-order chi connectivity index (χ0) is 19.8. The van der Waals surface area contributed by atoms with E-state index < -0.39 is 0 Å². The molecule has 0 aromatic heterocycles. The predicted octanol–water partition coefficient (Wildman–Crippen LogP) is 3.45. The Balaban J connectivity index is 1.55. The number of rotatable bonds is 10.